The fourth-order valence-corrected chi connectivity index (χ4v) is 2.50. The van der Waals surface area contributed by atoms with Crippen LogP contribution in [0.1, 0.15) is 5.82 Å². The molecule has 0 aliphatic rings. The number of hydrogen-bond acceptors (Lipinski definition) is 5. The van der Waals surface area contributed by atoms with Crippen LogP contribution in [0.25, 0.3) is 0 Å². The lowest BCUT2D eigenvalue weighted by atomic mass is 10.3. The summed E-state index contributed by atoms with van der Waals surface area (Å²) in [5.41, 5.74) is 5.86. The van der Waals surface area contributed by atoms with Gasteiger partial charge in [0, 0.05) is 7.05 Å². The van der Waals surface area contributed by atoms with Gasteiger partial charge in [-0.05, 0) is 18.2 Å². The van der Waals surface area contributed by atoms with Crippen molar-refractivity contribution in [2.45, 2.75) is 11.7 Å². The lowest BCUT2D eigenvalue weighted by molar-refractivity contribution is -0.113. The van der Waals surface area contributed by atoms with Gasteiger partial charge in [-0.3, -0.25) is 4.79 Å². The van der Waals surface area contributed by atoms with E-state index in [1.165, 1.54) is 23.9 Å². The number of nitrogens with two attached hydrogens (primary N) is 1. The smallest absolute Gasteiger partial charge is 0.234 e. The summed E-state index contributed by atoms with van der Waals surface area (Å²) < 4.78 is 14.6. The van der Waals surface area contributed by atoms with E-state index in [9.17, 15) is 9.18 Å². The first-order valence-electron chi connectivity index (χ1n) is 5.97. The van der Waals surface area contributed by atoms with Crippen LogP contribution in [0.2, 0.25) is 5.02 Å². The molecule has 1 amide bonds. The number of nitrogens with one attached hydrogen (secondary N) is 1. The molecule has 0 spiro atoms. The quantitative estimate of drug-likeness (QED) is 0.817. The monoisotopic (exact) mass is 329 g/mol. The predicted octanol–water partition coefficient (Wildman–Crippen LogP) is 1.80. The Morgan fingerprint density at radius 2 is 2.29 bits per heavy atom. The van der Waals surface area contributed by atoms with Crippen molar-refractivity contribution >= 4 is 35.0 Å². The number of thioether (sulfide) groups is 1. The van der Waals surface area contributed by atoms with Gasteiger partial charge in [-0.25, -0.2) is 4.39 Å². The Morgan fingerprint density at radius 3 is 2.90 bits per heavy atom. The van der Waals surface area contributed by atoms with Gasteiger partial charge in [-0.2, -0.15) is 0 Å². The second-order valence-electron chi connectivity index (χ2n) is 4.12. The number of aromatic nitrogens is 3. The molecular weight excluding hydrogens is 317 g/mol. The molecule has 0 saturated carbocycles. The van der Waals surface area contributed by atoms with Crippen molar-refractivity contribution in [3.05, 3.63) is 34.9 Å². The van der Waals surface area contributed by atoms with Crippen LogP contribution in [0, 0.1) is 5.82 Å². The van der Waals surface area contributed by atoms with E-state index in [0.29, 0.717) is 16.7 Å². The van der Waals surface area contributed by atoms with Crippen molar-refractivity contribution in [3.63, 3.8) is 0 Å². The lowest BCUT2D eigenvalue weighted by Crippen LogP contribution is -2.15. The Balaban J connectivity index is 1.94. The SMILES string of the molecule is Cn1c(CN)nnc1SCC(=O)Nc1ccc(F)cc1Cl. The summed E-state index contributed by atoms with van der Waals surface area (Å²) in [5, 5.41) is 11.2. The molecule has 112 valence electrons. The summed E-state index contributed by atoms with van der Waals surface area (Å²) in [6, 6.07) is 3.78. The third-order valence-corrected chi connectivity index (χ3v) is 3.98. The minimum atomic E-state index is -0.458. The molecule has 1 heterocycles. The first-order valence-corrected chi connectivity index (χ1v) is 7.33. The molecule has 1 aromatic carbocycles. The largest absolute Gasteiger partial charge is 0.324 e. The number of nitrogens with zero attached hydrogens (tertiary/aromatic N) is 3. The molecule has 0 fully saturated rings. The van der Waals surface area contributed by atoms with Gasteiger partial charge in [0.15, 0.2) is 5.16 Å². The summed E-state index contributed by atoms with van der Waals surface area (Å²) in [7, 11) is 1.78. The molecule has 0 atom stereocenters. The Hall–Kier alpha value is -1.64. The fourth-order valence-electron chi connectivity index (χ4n) is 1.56. The van der Waals surface area contributed by atoms with Crippen LogP contribution in [0.4, 0.5) is 10.1 Å². The van der Waals surface area contributed by atoms with Crippen LogP contribution >= 0.6 is 23.4 Å². The number of rotatable bonds is 5. The summed E-state index contributed by atoms with van der Waals surface area (Å²) in [5.74, 6) is 0.0376. The highest BCUT2D eigenvalue weighted by Crippen LogP contribution is 2.23. The van der Waals surface area contributed by atoms with Gasteiger partial charge >= 0.3 is 0 Å². The van der Waals surface area contributed by atoms with E-state index in [1.54, 1.807) is 11.6 Å². The number of hydrogen-bond donors (Lipinski definition) is 2. The standard InChI is InChI=1S/C12H13ClFN5OS/c1-19-10(5-15)17-18-12(19)21-6-11(20)16-9-3-2-7(14)4-8(9)13/h2-4H,5-6,15H2,1H3,(H,16,20). The zero-order chi connectivity index (χ0) is 15.4. The molecule has 0 aliphatic carbocycles. The number of anilines is 1. The van der Waals surface area contributed by atoms with Gasteiger partial charge in [-0.15, -0.1) is 10.2 Å². The zero-order valence-corrected chi connectivity index (χ0v) is 12.7. The summed E-state index contributed by atoms with van der Waals surface area (Å²) in [6.45, 7) is 0.279. The van der Waals surface area contributed by atoms with E-state index in [4.69, 9.17) is 17.3 Å². The van der Waals surface area contributed by atoms with Crippen molar-refractivity contribution in [3.8, 4) is 0 Å². The van der Waals surface area contributed by atoms with Gasteiger partial charge in [0.1, 0.15) is 11.6 Å². The first kappa shape index (κ1) is 15.7. The van der Waals surface area contributed by atoms with Crippen LogP contribution in [0.5, 0.6) is 0 Å². The molecule has 9 heteroatoms. The Kier molecular flexibility index (Phi) is 5.16. The average Bonchev–Trinajstić information content (AvgIpc) is 2.80. The van der Waals surface area contributed by atoms with Crippen molar-refractivity contribution < 1.29 is 9.18 Å². The highest BCUT2D eigenvalue weighted by Gasteiger charge is 2.11. The molecule has 1 aromatic heterocycles. The molecule has 3 N–H and O–H groups in total. The molecule has 2 aromatic rings. The van der Waals surface area contributed by atoms with Gasteiger partial charge in [-0.1, -0.05) is 23.4 Å². The molecule has 0 aliphatic heterocycles. The number of carbonyl (C=O) groups is 1. The number of carbonyl (C=O) groups excluding carboxylic acids is 1. The fraction of sp³-hybridized carbons (Fsp3) is 0.250. The molecule has 6 nitrogen and oxygen atoms in total. The first-order chi connectivity index (χ1) is 10.0. The summed E-state index contributed by atoms with van der Waals surface area (Å²) >= 11 is 7.06. The number of amides is 1. The summed E-state index contributed by atoms with van der Waals surface area (Å²) in [4.78, 5) is 11.8. The van der Waals surface area contributed by atoms with Gasteiger partial charge in [0.25, 0.3) is 0 Å². The zero-order valence-electron chi connectivity index (χ0n) is 11.1. The predicted molar refractivity (Wildman–Crippen MR) is 79.7 cm³/mol. The van der Waals surface area contributed by atoms with Gasteiger partial charge in [0.05, 0.1) is 23.0 Å². The summed E-state index contributed by atoms with van der Waals surface area (Å²) in [6.07, 6.45) is 0. The van der Waals surface area contributed by atoms with Crippen LogP contribution in [-0.2, 0) is 18.4 Å². The molecule has 0 saturated heterocycles. The third kappa shape index (κ3) is 3.93. The van der Waals surface area contributed by atoms with E-state index in [1.807, 2.05) is 0 Å². The minimum Gasteiger partial charge on any atom is -0.324 e. The molecule has 21 heavy (non-hydrogen) atoms. The van der Waals surface area contributed by atoms with E-state index < -0.39 is 5.82 Å². The second-order valence-corrected chi connectivity index (χ2v) is 5.47. The van der Waals surface area contributed by atoms with Crippen molar-refractivity contribution in [2.24, 2.45) is 12.8 Å². The van der Waals surface area contributed by atoms with Crippen molar-refractivity contribution in [1.29, 1.82) is 0 Å². The Labute approximate surface area is 129 Å². The van der Waals surface area contributed by atoms with Crippen molar-refractivity contribution in [1.82, 2.24) is 14.8 Å². The second kappa shape index (κ2) is 6.88. The number of benzene rings is 1. The normalized spacial score (nSPS) is 10.7. The maximum absolute atomic E-state index is 12.9. The number of halogens is 2. The van der Waals surface area contributed by atoms with E-state index in [0.717, 1.165) is 6.07 Å². The molecular formula is C12H13ClFN5OS. The topological polar surface area (TPSA) is 85.8 Å². The van der Waals surface area contributed by atoms with Gasteiger partial charge in [0.2, 0.25) is 5.91 Å². The molecule has 0 radical (unpaired) electrons. The molecule has 0 unspecified atom stereocenters. The van der Waals surface area contributed by atoms with E-state index >= 15 is 0 Å². The highest BCUT2D eigenvalue weighted by atomic mass is 35.5. The average molecular weight is 330 g/mol. The van der Waals surface area contributed by atoms with Gasteiger partial charge < -0.3 is 15.6 Å². The molecule has 2 rings (SSSR count). The Bertz CT molecular complexity index is 663. The minimum absolute atomic E-state index is 0.129. The maximum Gasteiger partial charge on any atom is 0.234 e. The maximum atomic E-state index is 12.9. The van der Waals surface area contributed by atoms with E-state index in [2.05, 4.69) is 15.5 Å². The van der Waals surface area contributed by atoms with E-state index in [-0.39, 0.29) is 23.2 Å². The highest BCUT2D eigenvalue weighted by molar-refractivity contribution is 7.99. The van der Waals surface area contributed by atoms with Crippen LogP contribution in [-0.4, -0.2) is 26.4 Å². The molecule has 0 bridgehead atoms. The lowest BCUT2D eigenvalue weighted by Gasteiger charge is -2.07. The van der Waals surface area contributed by atoms with Crippen molar-refractivity contribution in [2.75, 3.05) is 11.1 Å². The third-order valence-electron chi connectivity index (χ3n) is 2.65. The Morgan fingerprint density at radius 1 is 1.52 bits per heavy atom. The van der Waals surface area contributed by atoms with Crippen LogP contribution < -0.4 is 11.1 Å². The van der Waals surface area contributed by atoms with Crippen LogP contribution in [0.3, 0.4) is 0 Å². The van der Waals surface area contributed by atoms with Crippen LogP contribution in [0.15, 0.2) is 23.4 Å².